The molecule has 1 rings (SSSR count). The van der Waals surface area contributed by atoms with Crippen LogP contribution in [0.15, 0.2) is 0 Å². The van der Waals surface area contributed by atoms with Crippen LogP contribution in [-0.2, 0) is 4.79 Å². The summed E-state index contributed by atoms with van der Waals surface area (Å²) in [6.45, 7) is 4.85. The van der Waals surface area contributed by atoms with Crippen molar-refractivity contribution in [2.45, 2.75) is 32.2 Å². The summed E-state index contributed by atoms with van der Waals surface area (Å²) in [6.07, 6.45) is 1.21. The van der Waals surface area contributed by atoms with Gasteiger partial charge in [0.2, 0.25) is 5.91 Å². The van der Waals surface area contributed by atoms with E-state index in [-0.39, 0.29) is 18.1 Å². The first-order chi connectivity index (χ1) is 5.99. The van der Waals surface area contributed by atoms with Crippen LogP contribution in [0, 0.1) is 0 Å². The molecule has 0 aliphatic carbocycles. The van der Waals surface area contributed by atoms with Crippen molar-refractivity contribution >= 4 is 5.91 Å². The van der Waals surface area contributed by atoms with Crippen LogP contribution in [0.5, 0.6) is 0 Å². The zero-order valence-corrected chi connectivity index (χ0v) is 8.58. The van der Waals surface area contributed by atoms with E-state index in [0.717, 1.165) is 0 Å². The van der Waals surface area contributed by atoms with E-state index >= 15 is 0 Å². The van der Waals surface area contributed by atoms with Crippen LogP contribution in [0.1, 0.15) is 26.7 Å². The molecule has 1 heterocycles. The summed E-state index contributed by atoms with van der Waals surface area (Å²) >= 11 is 0. The quantitative estimate of drug-likeness (QED) is 0.686. The van der Waals surface area contributed by atoms with Crippen molar-refractivity contribution in [2.24, 2.45) is 0 Å². The van der Waals surface area contributed by atoms with Crippen LogP contribution in [0.3, 0.4) is 0 Å². The largest absolute Gasteiger partial charge is 0.396 e. The maximum atomic E-state index is 11.5. The molecule has 0 spiro atoms. The molecule has 4 heteroatoms. The normalized spacial score (nSPS) is 22.8. The predicted molar refractivity (Wildman–Crippen MR) is 49.9 cm³/mol. The SMILES string of the molecule is CN1N(CCCO)C(=O)CC1(C)C. The number of aliphatic hydroxyl groups excluding tert-OH is 1. The van der Waals surface area contributed by atoms with Crippen molar-refractivity contribution in [1.82, 2.24) is 10.0 Å². The zero-order chi connectivity index (χ0) is 10.1. The van der Waals surface area contributed by atoms with Crippen molar-refractivity contribution in [2.75, 3.05) is 20.2 Å². The Morgan fingerprint density at radius 2 is 2.15 bits per heavy atom. The van der Waals surface area contributed by atoms with E-state index in [1.54, 1.807) is 5.01 Å². The Kier molecular flexibility index (Phi) is 2.93. The number of carbonyl (C=O) groups excluding carboxylic acids is 1. The molecule has 13 heavy (non-hydrogen) atoms. The Morgan fingerprint density at radius 3 is 2.54 bits per heavy atom. The fourth-order valence-corrected chi connectivity index (χ4v) is 1.57. The average Bonchev–Trinajstić information content (AvgIpc) is 2.21. The molecule has 1 fully saturated rings. The minimum atomic E-state index is -0.0768. The highest BCUT2D eigenvalue weighted by Crippen LogP contribution is 2.27. The summed E-state index contributed by atoms with van der Waals surface area (Å²) in [7, 11) is 1.92. The molecule has 1 saturated heterocycles. The van der Waals surface area contributed by atoms with E-state index in [0.29, 0.717) is 19.4 Å². The molecule has 0 unspecified atom stereocenters. The summed E-state index contributed by atoms with van der Waals surface area (Å²) < 4.78 is 0. The molecule has 0 radical (unpaired) electrons. The maximum absolute atomic E-state index is 11.5. The first kappa shape index (κ1) is 10.5. The number of aliphatic hydroxyl groups is 1. The number of hydrazine groups is 1. The summed E-state index contributed by atoms with van der Waals surface area (Å²) in [5.41, 5.74) is -0.0768. The lowest BCUT2D eigenvalue weighted by atomic mass is 10.0. The minimum Gasteiger partial charge on any atom is -0.396 e. The van der Waals surface area contributed by atoms with Gasteiger partial charge in [-0.25, -0.2) is 5.01 Å². The van der Waals surface area contributed by atoms with Crippen molar-refractivity contribution in [3.05, 3.63) is 0 Å². The molecule has 0 aromatic carbocycles. The van der Waals surface area contributed by atoms with E-state index in [1.165, 1.54) is 0 Å². The van der Waals surface area contributed by atoms with Gasteiger partial charge in [-0.1, -0.05) is 0 Å². The standard InChI is InChI=1S/C9H18N2O2/c1-9(2)7-8(13)11(10(9)3)5-4-6-12/h12H,4-7H2,1-3H3. The monoisotopic (exact) mass is 186 g/mol. The second-order valence-corrected chi connectivity index (χ2v) is 4.11. The topological polar surface area (TPSA) is 43.8 Å². The van der Waals surface area contributed by atoms with Crippen LogP contribution >= 0.6 is 0 Å². The van der Waals surface area contributed by atoms with Crippen molar-refractivity contribution in [3.8, 4) is 0 Å². The average molecular weight is 186 g/mol. The van der Waals surface area contributed by atoms with Crippen LogP contribution in [0.4, 0.5) is 0 Å². The van der Waals surface area contributed by atoms with Crippen LogP contribution in [-0.4, -0.2) is 46.8 Å². The fourth-order valence-electron chi connectivity index (χ4n) is 1.57. The zero-order valence-electron chi connectivity index (χ0n) is 8.58. The molecule has 0 aromatic rings. The second kappa shape index (κ2) is 3.64. The molecular weight excluding hydrogens is 168 g/mol. The highest BCUT2D eigenvalue weighted by molar-refractivity contribution is 5.79. The van der Waals surface area contributed by atoms with Gasteiger partial charge in [0.05, 0.1) is 0 Å². The number of carbonyl (C=O) groups is 1. The molecule has 0 atom stereocenters. The molecule has 0 aromatic heterocycles. The second-order valence-electron chi connectivity index (χ2n) is 4.11. The van der Waals surface area contributed by atoms with Gasteiger partial charge in [-0.15, -0.1) is 0 Å². The minimum absolute atomic E-state index is 0.0768. The third kappa shape index (κ3) is 2.00. The number of nitrogens with zero attached hydrogens (tertiary/aromatic N) is 2. The Labute approximate surface area is 79.1 Å². The van der Waals surface area contributed by atoms with Crippen molar-refractivity contribution in [3.63, 3.8) is 0 Å². The number of hydrogen-bond donors (Lipinski definition) is 1. The van der Waals surface area contributed by atoms with E-state index in [2.05, 4.69) is 0 Å². The molecule has 1 aliphatic rings. The summed E-state index contributed by atoms with van der Waals surface area (Å²) in [6, 6.07) is 0. The van der Waals surface area contributed by atoms with Gasteiger partial charge in [0, 0.05) is 32.2 Å². The van der Waals surface area contributed by atoms with E-state index in [4.69, 9.17) is 5.11 Å². The number of hydrogen-bond acceptors (Lipinski definition) is 3. The van der Waals surface area contributed by atoms with E-state index in [1.807, 2.05) is 25.9 Å². The molecule has 0 bridgehead atoms. The Morgan fingerprint density at radius 1 is 1.54 bits per heavy atom. The van der Waals surface area contributed by atoms with Gasteiger partial charge in [-0.3, -0.25) is 9.80 Å². The Balaban J connectivity index is 2.60. The van der Waals surface area contributed by atoms with Gasteiger partial charge in [0.25, 0.3) is 0 Å². The van der Waals surface area contributed by atoms with E-state index < -0.39 is 0 Å². The maximum Gasteiger partial charge on any atom is 0.238 e. The van der Waals surface area contributed by atoms with Gasteiger partial charge in [0.1, 0.15) is 0 Å². The Bertz CT molecular complexity index is 204. The fraction of sp³-hybridized carbons (Fsp3) is 0.889. The lowest BCUT2D eigenvalue weighted by molar-refractivity contribution is -0.138. The summed E-state index contributed by atoms with van der Waals surface area (Å²) in [5, 5.41) is 12.4. The molecule has 1 N–H and O–H groups in total. The number of amides is 1. The highest BCUT2D eigenvalue weighted by Gasteiger charge is 2.40. The van der Waals surface area contributed by atoms with Crippen molar-refractivity contribution < 1.29 is 9.90 Å². The van der Waals surface area contributed by atoms with Gasteiger partial charge in [-0.05, 0) is 20.3 Å². The van der Waals surface area contributed by atoms with Crippen LogP contribution in [0.2, 0.25) is 0 Å². The van der Waals surface area contributed by atoms with Crippen molar-refractivity contribution in [1.29, 1.82) is 0 Å². The summed E-state index contributed by atoms with van der Waals surface area (Å²) in [5.74, 6) is 0.154. The molecule has 0 saturated carbocycles. The summed E-state index contributed by atoms with van der Waals surface area (Å²) in [4.78, 5) is 11.5. The van der Waals surface area contributed by atoms with Gasteiger partial charge < -0.3 is 5.11 Å². The van der Waals surface area contributed by atoms with E-state index in [9.17, 15) is 4.79 Å². The molecule has 1 amide bonds. The first-order valence-corrected chi connectivity index (χ1v) is 4.64. The first-order valence-electron chi connectivity index (χ1n) is 4.64. The molecule has 1 aliphatic heterocycles. The van der Waals surface area contributed by atoms with Gasteiger partial charge in [-0.2, -0.15) is 0 Å². The lowest BCUT2D eigenvalue weighted by Gasteiger charge is -2.32. The predicted octanol–water partition coefficient (Wildman–Crippen LogP) is 0.226. The van der Waals surface area contributed by atoms with Crippen LogP contribution < -0.4 is 0 Å². The smallest absolute Gasteiger partial charge is 0.238 e. The lowest BCUT2D eigenvalue weighted by Crippen LogP contribution is -2.44. The molecule has 76 valence electrons. The molecular formula is C9H18N2O2. The third-order valence-electron chi connectivity index (χ3n) is 2.64. The van der Waals surface area contributed by atoms with Gasteiger partial charge >= 0.3 is 0 Å². The third-order valence-corrected chi connectivity index (χ3v) is 2.64. The highest BCUT2D eigenvalue weighted by atomic mass is 16.3. The Hall–Kier alpha value is -0.610. The van der Waals surface area contributed by atoms with Gasteiger partial charge in [0.15, 0.2) is 0 Å². The number of rotatable bonds is 3. The molecule has 4 nitrogen and oxygen atoms in total. The van der Waals surface area contributed by atoms with Crippen LogP contribution in [0.25, 0.3) is 0 Å².